The molecule has 0 aromatic carbocycles. The summed E-state index contributed by atoms with van der Waals surface area (Å²) in [4.78, 5) is 26.5. The fourth-order valence-corrected chi connectivity index (χ4v) is 4.03. The lowest BCUT2D eigenvalue weighted by Gasteiger charge is -2.41. The highest BCUT2D eigenvalue weighted by atomic mass is 32.1. The van der Waals surface area contributed by atoms with Crippen molar-refractivity contribution in [1.29, 1.82) is 0 Å². The van der Waals surface area contributed by atoms with Crippen molar-refractivity contribution < 1.29 is 9.59 Å². The Morgan fingerprint density at radius 2 is 2.25 bits per heavy atom. The monoisotopic (exact) mass is 292 g/mol. The normalized spacial score (nSPS) is 26.1. The number of rotatable bonds is 2. The average molecular weight is 292 g/mol. The lowest BCUT2D eigenvalue weighted by atomic mass is 9.85. The molecule has 0 radical (unpaired) electrons. The predicted molar refractivity (Wildman–Crippen MR) is 79.4 cm³/mol. The Labute approximate surface area is 123 Å². The van der Waals surface area contributed by atoms with Crippen LogP contribution in [0.25, 0.3) is 0 Å². The van der Waals surface area contributed by atoms with Gasteiger partial charge in [0.2, 0.25) is 0 Å². The highest BCUT2D eigenvalue weighted by molar-refractivity contribution is 7.12. The molecule has 0 spiro atoms. The molecule has 2 aliphatic rings. The van der Waals surface area contributed by atoms with E-state index in [1.54, 1.807) is 13.0 Å². The van der Waals surface area contributed by atoms with Crippen molar-refractivity contribution in [3.63, 3.8) is 0 Å². The first-order valence-electron chi connectivity index (χ1n) is 7.27. The molecular weight excluding hydrogens is 272 g/mol. The lowest BCUT2D eigenvalue weighted by Crippen LogP contribution is -2.53. The van der Waals surface area contributed by atoms with E-state index >= 15 is 0 Å². The summed E-state index contributed by atoms with van der Waals surface area (Å²) < 4.78 is 0. The van der Waals surface area contributed by atoms with Gasteiger partial charge in [0.1, 0.15) is 0 Å². The molecule has 2 saturated heterocycles. The molecular formula is C15H20N2O2S. The molecule has 3 rings (SSSR count). The van der Waals surface area contributed by atoms with Crippen LogP contribution in [-0.2, 0) is 0 Å². The van der Waals surface area contributed by atoms with Gasteiger partial charge in [0.05, 0.1) is 10.4 Å². The van der Waals surface area contributed by atoms with Crippen molar-refractivity contribution in [3.05, 3.63) is 21.9 Å². The van der Waals surface area contributed by atoms with Crippen LogP contribution in [0.2, 0.25) is 0 Å². The molecule has 2 fully saturated rings. The van der Waals surface area contributed by atoms with E-state index in [4.69, 9.17) is 0 Å². The SMILES string of the molecule is CC(=O)c1cc(C(=O)N2CC[C@@H]3NCCC[C@@H]3C2)cs1. The van der Waals surface area contributed by atoms with E-state index in [1.807, 2.05) is 10.3 Å². The van der Waals surface area contributed by atoms with Gasteiger partial charge in [0.15, 0.2) is 5.78 Å². The number of nitrogens with zero attached hydrogens (tertiary/aromatic N) is 1. The Morgan fingerprint density at radius 1 is 1.40 bits per heavy atom. The summed E-state index contributed by atoms with van der Waals surface area (Å²) in [5.41, 5.74) is 0.669. The third-order valence-corrected chi connectivity index (χ3v) is 5.40. The molecule has 1 amide bonds. The molecule has 3 heterocycles. The number of Topliss-reactive ketones (excluding diaryl/α,β-unsaturated/α-hetero) is 1. The third kappa shape index (κ3) is 2.65. The summed E-state index contributed by atoms with van der Waals surface area (Å²) in [6.07, 6.45) is 3.46. The van der Waals surface area contributed by atoms with Crippen molar-refractivity contribution >= 4 is 23.0 Å². The Kier molecular flexibility index (Phi) is 3.89. The van der Waals surface area contributed by atoms with Crippen LogP contribution >= 0.6 is 11.3 Å². The summed E-state index contributed by atoms with van der Waals surface area (Å²) in [6.45, 7) is 4.32. The minimum atomic E-state index is 0.0317. The molecule has 0 unspecified atom stereocenters. The molecule has 108 valence electrons. The van der Waals surface area contributed by atoms with Gasteiger partial charge in [0, 0.05) is 24.5 Å². The number of hydrogen-bond acceptors (Lipinski definition) is 4. The van der Waals surface area contributed by atoms with Crippen LogP contribution in [0.3, 0.4) is 0 Å². The molecule has 4 nitrogen and oxygen atoms in total. The van der Waals surface area contributed by atoms with Gasteiger partial charge in [-0.3, -0.25) is 9.59 Å². The van der Waals surface area contributed by atoms with Crippen molar-refractivity contribution in [3.8, 4) is 0 Å². The highest BCUT2D eigenvalue weighted by Gasteiger charge is 2.33. The number of carbonyl (C=O) groups is 2. The van der Waals surface area contributed by atoms with Crippen molar-refractivity contribution in [2.45, 2.75) is 32.2 Å². The zero-order valence-corrected chi connectivity index (χ0v) is 12.5. The number of piperidine rings is 2. The van der Waals surface area contributed by atoms with Crippen LogP contribution < -0.4 is 5.32 Å². The molecule has 0 bridgehead atoms. The Balaban J connectivity index is 1.69. The van der Waals surface area contributed by atoms with E-state index in [0.717, 1.165) is 26.1 Å². The second-order valence-electron chi connectivity index (χ2n) is 5.76. The Bertz CT molecular complexity index is 526. The van der Waals surface area contributed by atoms with Gasteiger partial charge < -0.3 is 10.2 Å². The number of fused-ring (bicyclic) bond motifs is 1. The molecule has 2 aliphatic heterocycles. The van der Waals surface area contributed by atoms with Gasteiger partial charge in [-0.2, -0.15) is 0 Å². The minimum Gasteiger partial charge on any atom is -0.338 e. The van der Waals surface area contributed by atoms with Gasteiger partial charge in [-0.1, -0.05) is 0 Å². The summed E-state index contributed by atoms with van der Waals surface area (Å²) in [5, 5.41) is 5.37. The smallest absolute Gasteiger partial charge is 0.254 e. The number of hydrogen-bond donors (Lipinski definition) is 1. The quantitative estimate of drug-likeness (QED) is 0.850. The maximum atomic E-state index is 12.5. The molecule has 1 aromatic heterocycles. The summed E-state index contributed by atoms with van der Waals surface area (Å²) in [6, 6.07) is 2.32. The maximum Gasteiger partial charge on any atom is 0.254 e. The maximum absolute atomic E-state index is 12.5. The van der Waals surface area contributed by atoms with E-state index < -0.39 is 0 Å². The number of amides is 1. The fraction of sp³-hybridized carbons (Fsp3) is 0.600. The number of likely N-dealkylation sites (tertiary alicyclic amines) is 1. The lowest BCUT2D eigenvalue weighted by molar-refractivity contribution is 0.0593. The molecule has 1 N–H and O–H groups in total. The second kappa shape index (κ2) is 5.66. The molecule has 1 aromatic rings. The van der Waals surface area contributed by atoms with Crippen LogP contribution in [0, 0.1) is 5.92 Å². The first-order chi connectivity index (χ1) is 9.65. The number of thiophene rings is 1. The van der Waals surface area contributed by atoms with Gasteiger partial charge in [-0.25, -0.2) is 0 Å². The zero-order valence-electron chi connectivity index (χ0n) is 11.7. The third-order valence-electron chi connectivity index (χ3n) is 4.37. The van der Waals surface area contributed by atoms with E-state index in [9.17, 15) is 9.59 Å². The number of carbonyl (C=O) groups excluding carboxylic acids is 2. The summed E-state index contributed by atoms with van der Waals surface area (Å²) in [7, 11) is 0. The van der Waals surface area contributed by atoms with Gasteiger partial charge in [-0.15, -0.1) is 11.3 Å². The van der Waals surface area contributed by atoms with E-state index in [0.29, 0.717) is 22.4 Å². The highest BCUT2D eigenvalue weighted by Crippen LogP contribution is 2.26. The Hall–Kier alpha value is -1.20. The van der Waals surface area contributed by atoms with Crippen LogP contribution in [0.4, 0.5) is 0 Å². The first-order valence-corrected chi connectivity index (χ1v) is 8.15. The van der Waals surface area contributed by atoms with E-state index in [-0.39, 0.29) is 11.7 Å². The molecule has 0 aliphatic carbocycles. The molecule has 5 heteroatoms. The Morgan fingerprint density at radius 3 is 3.00 bits per heavy atom. The van der Waals surface area contributed by atoms with Crippen molar-refractivity contribution in [1.82, 2.24) is 10.2 Å². The zero-order chi connectivity index (χ0) is 14.1. The van der Waals surface area contributed by atoms with Gasteiger partial charge in [0.25, 0.3) is 5.91 Å². The van der Waals surface area contributed by atoms with Crippen LogP contribution in [0.5, 0.6) is 0 Å². The standard InChI is InChI=1S/C15H20N2O2S/c1-10(18)14-7-12(9-20-14)15(19)17-6-4-13-11(8-17)3-2-5-16-13/h7,9,11,13,16H,2-6,8H2,1H3/t11-,13+/m1/s1. The average Bonchev–Trinajstić information content (AvgIpc) is 2.96. The van der Waals surface area contributed by atoms with Crippen LogP contribution in [0.1, 0.15) is 46.2 Å². The second-order valence-corrected chi connectivity index (χ2v) is 6.67. The molecule has 2 atom stereocenters. The first kappa shape index (κ1) is 13.8. The summed E-state index contributed by atoms with van der Waals surface area (Å²) in [5.74, 6) is 0.703. The topological polar surface area (TPSA) is 49.4 Å². The van der Waals surface area contributed by atoms with Gasteiger partial charge >= 0.3 is 0 Å². The minimum absolute atomic E-state index is 0.0317. The predicted octanol–water partition coefficient (Wildman–Crippen LogP) is 2.16. The van der Waals surface area contributed by atoms with E-state index in [2.05, 4.69) is 5.32 Å². The molecule has 0 saturated carbocycles. The van der Waals surface area contributed by atoms with Gasteiger partial charge in [-0.05, 0) is 44.7 Å². The number of ketones is 1. The molecule has 20 heavy (non-hydrogen) atoms. The van der Waals surface area contributed by atoms with Crippen LogP contribution in [0.15, 0.2) is 11.4 Å². The fourth-order valence-electron chi connectivity index (χ4n) is 3.25. The van der Waals surface area contributed by atoms with Crippen molar-refractivity contribution in [2.24, 2.45) is 5.92 Å². The van der Waals surface area contributed by atoms with E-state index in [1.165, 1.54) is 24.2 Å². The number of nitrogens with one attached hydrogen (secondary N) is 1. The van der Waals surface area contributed by atoms with Crippen LogP contribution in [-0.4, -0.2) is 42.3 Å². The summed E-state index contributed by atoms with van der Waals surface area (Å²) >= 11 is 1.36. The largest absolute Gasteiger partial charge is 0.338 e. The van der Waals surface area contributed by atoms with Crippen molar-refractivity contribution in [2.75, 3.05) is 19.6 Å².